The number of aromatic hydroxyl groups is 1. The minimum Gasteiger partial charge on any atom is -0.504 e. The molecule has 1 aromatic carbocycles. The summed E-state index contributed by atoms with van der Waals surface area (Å²) in [4.78, 5) is 14.5. The molecule has 0 bridgehead atoms. The number of hydrogen-bond donors (Lipinski definition) is 2. The number of aliphatic hydroxyl groups is 1. The van der Waals surface area contributed by atoms with Crippen LogP contribution in [0.1, 0.15) is 23.3 Å². The molecule has 1 aliphatic rings. The lowest BCUT2D eigenvalue weighted by Gasteiger charge is -2.22. The maximum Gasteiger partial charge on any atom is 0.278 e. The van der Waals surface area contributed by atoms with E-state index in [2.05, 4.69) is 5.10 Å². The van der Waals surface area contributed by atoms with Crippen molar-refractivity contribution in [2.24, 2.45) is 0 Å². The van der Waals surface area contributed by atoms with Crippen LogP contribution in [0.15, 0.2) is 30.5 Å². The molecule has 3 rings (SSSR count). The van der Waals surface area contributed by atoms with Crippen LogP contribution in [0.3, 0.4) is 0 Å². The molecule has 0 radical (unpaired) electrons. The summed E-state index contributed by atoms with van der Waals surface area (Å²) in [6.07, 6.45) is 2.44. The number of ether oxygens (including phenoxy) is 2. The number of carbonyl (C=O) groups is 1. The van der Waals surface area contributed by atoms with Gasteiger partial charge >= 0.3 is 0 Å². The minimum atomic E-state index is -0.368. The van der Waals surface area contributed by atoms with Crippen LogP contribution in [0.25, 0.3) is 5.69 Å². The van der Waals surface area contributed by atoms with E-state index in [0.717, 1.165) is 0 Å². The maximum absolute atomic E-state index is 12.9. The van der Waals surface area contributed by atoms with E-state index in [1.807, 2.05) is 0 Å². The number of hydrogen-bond acceptors (Lipinski definition) is 6. The van der Waals surface area contributed by atoms with Gasteiger partial charge < -0.3 is 24.6 Å². The first-order valence-electron chi connectivity index (χ1n) is 8.45. The number of nitrogens with zero attached hydrogens (tertiary/aromatic N) is 3. The van der Waals surface area contributed by atoms with Gasteiger partial charge in [-0.3, -0.25) is 4.79 Å². The average Bonchev–Trinajstić information content (AvgIpc) is 3.25. The molecule has 1 aliphatic heterocycles. The lowest BCUT2D eigenvalue weighted by Crippen LogP contribution is -2.37. The molecule has 0 spiro atoms. The Morgan fingerprint density at radius 3 is 2.65 bits per heavy atom. The second-order valence-electron chi connectivity index (χ2n) is 6.22. The van der Waals surface area contributed by atoms with Crippen LogP contribution >= 0.6 is 0 Å². The smallest absolute Gasteiger partial charge is 0.278 e. The Bertz CT molecular complexity index is 759. The number of amides is 1. The molecule has 0 unspecified atom stereocenters. The number of aliphatic hydroxyl groups excluding tert-OH is 1. The third kappa shape index (κ3) is 3.51. The van der Waals surface area contributed by atoms with Crippen molar-refractivity contribution in [1.29, 1.82) is 0 Å². The van der Waals surface area contributed by atoms with E-state index >= 15 is 0 Å². The highest BCUT2D eigenvalue weighted by Gasteiger charge is 2.37. The minimum absolute atomic E-state index is 0.0134. The number of benzene rings is 1. The Hall–Kier alpha value is -2.58. The second-order valence-corrected chi connectivity index (χ2v) is 6.22. The molecule has 2 aromatic rings. The van der Waals surface area contributed by atoms with E-state index in [1.54, 1.807) is 43.4 Å². The predicted octanol–water partition coefficient (Wildman–Crippen LogP) is 1.20. The zero-order chi connectivity index (χ0) is 18.7. The van der Waals surface area contributed by atoms with E-state index in [0.29, 0.717) is 30.8 Å². The van der Waals surface area contributed by atoms with Gasteiger partial charge in [-0.25, -0.2) is 4.68 Å². The Kier molecular flexibility index (Phi) is 5.43. The van der Waals surface area contributed by atoms with Crippen LogP contribution in [-0.2, 0) is 4.74 Å². The molecular formula is C18H23N3O5. The molecule has 0 saturated carbocycles. The molecule has 0 aliphatic carbocycles. The standard InChI is InChI=1S/C18H23N3O5/c1-25-14-5-3-12(4-6-14)21-11-16(23)17(19-21)18(24)20-10-15(26-2)9-13(20)7-8-22/h3-6,11,13,15,22-23H,7-10H2,1-2H3/t13-,15+/m1/s1. The summed E-state index contributed by atoms with van der Waals surface area (Å²) in [7, 11) is 3.18. The summed E-state index contributed by atoms with van der Waals surface area (Å²) in [5.74, 6) is 0.151. The summed E-state index contributed by atoms with van der Waals surface area (Å²) in [6.45, 7) is 0.395. The zero-order valence-electron chi connectivity index (χ0n) is 14.8. The summed E-state index contributed by atoms with van der Waals surface area (Å²) >= 11 is 0. The molecule has 1 amide bonds. The Labute approximate surface area is 151 Å². The Morgan fingerprint density at radius 1 is 1.31 bits per heavy atom. The van der Waals surface area contributed by atoms with Crippen molar-refractivity contribution in [3.05, 3.63) is 36.2 Å². The fraction of sp³-hybridized carbons (Fsp3) is 0.444. The van der Waals surface area contributed by atoms with Gasteiger partial charge in [0.05, 0.1) is 25.1 Å². The molecule has 1 saturated heterocycles. The monoisotopic (exact) mass is 361 g/mol. The van der Waals surface area contributed by atoms with E-state index in [4.69, 9.17) is 9.47 Å². The van der Waals surface area contributed by atoms with Crippen LogP contribution in [0.4, 0.5) is 0 Å². The van der Waals surface area contributed by atoms with E-state index in [-0.39, 0.29) is 36.1 Å². The predicted molar refractivity (Wildman–Crippen MR) is 93.7 cm³/mol. The van der Waals surface area contributed by atoms with Gasteiger partial charge in [-0.2, -0.15) is 5.10 Å². The van der Waals surface area contributed by atoms with Gasteiger partial charge in [0, 0.05) is 26.3 Å². The molecule has 2 N–H and O–H groups in total. The van der Waals surface area contributed by atoms with E-state index in [9.17, 15) is 15.0 Å². The quantitative estimate of drug-likeness (QED) is 0.802. The highest BCUT2D eigenvalue weighted by molar-refractivity contribution is 5.95. The first-order chi connectivity index (χ1) is 12.6. The highest BCUT2D eigenvalue weighted by atomic mass is 16.5. The van der Waals surface area contributed by atoms with Gasteiger partial charge in [0.25, 0.3) is 5.91 Å². The van der Waals surface area contributed by atoms with Crippen molar-refractivity contribution in [2.75, 3.05) is 27.4 Å². The number of aromatic nitrogens is 2. The van der Waals surface area contributed by atoms with Crippen molar-refractivity contribution in [3.63, 3.8) is 0 Å². The molecule has 2 heterocycles. The molecule has 26 heavy (non-hydrogen) atoms. The highest BCUT2D eigenvalue weighted by Crippen LogP contribution is 2.27. The molecule has 140 valence electrons. The van der Waals surface area contributed by atoms with Gasteiger partial charge in [0.15, 0.2) is 11.4 Å². The van der Waals surface area contributed by atoms with Crippen molar-refractivity contribution in [2.45, 2.75) is 25.0 Å². The SMILES string of the molecule is COc1ccc(-n2cc(O)c(C(=O)N3C[C@@H](OC)C[C@H]3CCO)n2)cc1. The van der Waals surface area contributed by atoms with E-state index < -0.39 is 0 Å². The second kappa shape index (κ2) is 7.76. The van der Waals surface area contributed by atoms with Crippen molar-refractivity contribution >= 4 is 5.91 Å². The van der Waals surface area contributed by atoms with Crippen LogP contribution in [0.5, 0.6) is 11.5 Å². The molecule has 1 fully saturated rings. The fourth-order valence-electron chi connectivity index (χ4n) is 3.24. The molecule has 1 aromatic heterocycles. The van der Waals surface area contributed by atoms with Gasteiger partial charge in [0.1, 0.15) is 5.75 Å². The summed E-state index contributed by atoms with van der Waals surface area (Å²) in [5, 5.41) is 23.7. The summed E-state index contributed by atoms with van der Waals surface area (Å²) < 4.78 is 11.9. The summed E-state index contributed by atoms with van der Waals surface area (Å²) in [6, 6.07) is 6.98. The van der Waals surface area contributed by atoms with Gasteiger partial charge in [0.2, 0.25) is 0 Å². The molecule has 2 atom stereocenters. The van der Waals surface area contributed by atoms with Crippen molar-refractivity contribution in [3.8, 4) is 17.2 Å². The van der Waals surface area contributed by atoms with Crippen molar-refractivity contribution in [1.82, 2.24) is 14.7 Å². The lowest BCUT2D eigenvalue weighted by atomic mass is 10.1. The maximum atomic E-state index is 12.9. The topological polar surface area (TPSA) is 97.1 Å². The first kappa shape index (κ1) is 18.2. The lowest BCUT2D eigenvalue weighted by molar-refractivity contribution is 0.0666. The van der Waals surface area contributed by atoms with Gasteiger partial charge in [-0.1, -0.05) is 0 Å². The fourth-order valence-corrected chi connectivity index (χ4v) is 3.24. The molecule has 8 nitrogen and oxygen atoms in total. The van der Waals surface area contributed by atoms with Crippen LogP contribution in [0.2, 0.25) is 0 Å². The van der Waals surface area contributed by atoms with Crippen LogP contribution < -0.4 is 4.74 Å². The molecular weight excluding hydrogens is 338 g/mol. The largest absolute Gasteiger partial charge is 0.504 e. The van der Waals surface area contributed by atoms with E-state index in [1.165, 1.54) is 10.9 Å². The Balaban J connectivity index is 1.84. The molecule has 8 heteroatoms. The third-order valence-corrected chi connectivity index (χ3v) is 4.67. The number of likely N-dealkylation sites (tertiary alicyclic amines) is 1. The average molecular weight is 361 g/mol. The number of methoxy groups -OCH3 is 2. The number of rotatable bonds is 6. The van der Waals surface area contributed by atoms with Crippen molar-refractivity contribution < 1.29 is 24.5 Å². The van der Waals surface area contributed by atoms with Gasteiger partial charge in [-0.15, -0.1) is 0 Å². The van der Waals surface area contributed by atoms with Crippen LogP contribution in [0, 0.1) is 0 Å². The third-order valence-electron chi connectivity index (χ3n) is 4.67. The van der Waals surface area contributed by atoms with Gasteiger partial charge in [-0.05, 0) is 37.1 Å². The first-order valence-corrected chi connectivity index (χ1v) is 8.45. The summed E-state index contributed by atoms with van der Waals surface area (Å²) in [5.41, 5.74) is 0.684. The zero-order valence-corrected chi connectivity index (χ0v) is 14.8. The Morgan fingerprint density at radius 2 is 2.04 bits per heavy atom. The van der Waals surface area contributed by atoms with Crippen LogP contribution in [-0.4, -0.2) is 70.3 Å². The normalized spacial score (nSPS) is 19.7. The number of carbonyl (C=O) groups excluding carboxylic acids is 1.